The molecule has 2 aromatic rings. The number of rotatable bonds is 12. The van der Waals surface area contributed by atoms with Gasteiger partial charge in [0.05, 0.1) is 16.5 Å². The fourth-order valence-corrected chi connectivity index (χ4v) is 3.97. The molecular formula is C25H30F6N6O2. The highest BCUT2D eigenvalue weighted by molar-refractivity contribution is 5.90. The number of amides is 2. The molecule has 9 N–H and O–H groups in total. The minimum Gasteiger partial charge on any atom is -0.370 e. The third-order valence-electron chi connectivity index (χ3n) is 6.11. The summed E-state index contributed by atoms with van der Waals surface area (Å²) in [4.78, 5) is 29.4. The molecule has 0 spiro atoms. The van der Waals surface area contributed by atoms with Crippen molar-refractivity contribution < 1.29 is 35.9 Å². The molecule has 14 heteroatoms. The number of carbonyl (C=O) groups is 2. The summed E-state index contributed by atoms with van der Waals surface area (Å²) in [5.41, 5.74) is 19.3. The SMILES string of the molecule is NCC(Cc1ccc(C(F)(F)F)cc1)(Cc1ccc(C(F)(F)F)cc1)C(=O)N[C@@H](CCCN=C(N)N)C(N)=O. The van der Waals surface area contributed by atoms with Crippen molar-refractivity contribution in [3.05, 3.63) is 70.8 Å². The molecule has 8 nitrogen and oxygen atoms in total. The Kier molecular flexibility index (Phi) is 10.3. The maximum absolute atomic E-state index is 13.6. The van der Waals surface area contributed by atoms with Crippen molar-refractivity contribution in [1.82, 2.24) is 5.32 Å². The van der Waals surface area contributed by atoms with Crippen LogP contribution >= 0.6 is 0 Å². The molecule has 2 aromatic carbocycles. The third-order valence-corrected chi connectivity index (χ3v) is 6.11. The van der Waals surface area contributed by atoms with Crippen molar-refractivity contribution in [2.75, 3.05) is 13.1 Å². The van der Waals surface area contributed by atoms with Crippen molar-refractivity contribution in [2.45, 2.75) is 44.1 Å². The van der Waals surface area contributed by atoms with E-state index in [0.717, 1.165) is 24.3 Å². The maximum atomic E-state index is 13.6. The van der Waals surface area contributed by atoms with Crippen LogP contribution in [-0.4, -0.2) is 36.9 Å². The molecule has 1 atom stereocenters. The number of aliphatic imine (C=N–C) groups is 1. The molecule has 0 saturated heterocycles. The van der Waals surface area contributed by atoms with Gasteiger partial charge in [0.2, 0.25) is 11.8 Å². The highest BCUT2D eigenvalue weighted by atomic mass is 19.4. The lowest BCUT2D eigenvalue weighted by molar-refractivity contribution is -0.138. The molecule has 39 heavy (non-hydrogen) atoms. The molecule has 0 heterocycles. The second-order valence-corrected chi connectivity index (χ2v) is 9.10. The Morgan fingerprint density at radius 2 is 1.23 bits per heavy atom. The van der Waals surface area contributed by atoms with E-state index in [9.17, 15) is 35.9 Å². The summed E-state index contributed by atoms with van der Waals surface area (Å²) in [6.07, 6.45) is -9.15. The third kappa shape index (κ3) is 9.16. The number of hydrogen-bond acceptors (Lipinski definition) is 4. The quantitative estimate of drug-likeness (QED) is 0.116. The van der Waals surface area contributed by atoms with Gasteiger partial charge in [0.1, 0.15) is 6.04 Å². The molecule has 0 bridgehead atoms. The van der Waals surface area contributed by atoms with Gasteiger partial charge < -0.3 is 28.3 Å². The Labute approximate surface area is 220 Å². The summed E-state index contributed by atoms with van der Waals surface area (Å²) in [5.74, 6) is -1.76. The van der Waals surface area contributed by atoms with Crippen molar-refractivity contribution in [3.63, 3.8) is 0 Å². The van der Waals surface area contributed by atoms with Crippen LogP contribution in [0.25, 0.3) is 0 Å². The van der Waals surface area contributed by atoms with Crippen LogP contribution in [0.5, 0.6) is 0 Å². The van der Waals surface area contributed by atoms with E-state index < -0.39 is 46.8 Å². The lowest BCUT2D eigenvalue weighted by atomic mass is 9.75. The molecule has 2 amide bonds. The summed E-state index contributed by atoms with van der Waals surface area (Å²) in [6, 6.07) is 7.00. The first-order valence-corrected chi connectivity index (χ1v) is 11.8. The Balaban J connectivity index is 2.40. The van der Waals surface area contributed by atoms with E-state index in [1.807, 2.05) is 0 Å². The first-order valence-electron chi connectivity index (χ1n) is 11.8. The average Bonchev–Trinajstić information content (AvgIpc) is 2.84. The minimum absolute atomic E-state index is 0.0685. The topological polar surface area (TPSA) is 163 Å². The number of nitrogens with one attached hydrogen (secondary N) is 1. The molecule has 0 saturated carbocycles. The van der Waals surface area contributed by atoms with Crippen LogP contribution in [0.15, 0.2) is 53.5 Å². The smallest absolute Gasteiger partial charge is 0.370 e. The number of benzene rings is 2. The van der Waals surface area contributed by atoms with Crippen LogP contribution in [0, 0.1) is 5.41 Å². The minimum atomic E-state index is -4.57. The average molecular weight is 561 g/mol. The second kappa shape index (κ2) is 12.8. The van der Waals surface area contributed by atoms with E-state index in [4.69, 9.17) is 22.9 Å². The van der Waals surface area contributed by atoms with Gasteiger partial charge in [-0.15, -0.1) is 0 Å². The van der Waals surface area contributed by atoms with Gasteiger partial charge in [0.15, 0.2) is 5.96 Å². The van der Waals surface area contributed by atoms with Crippen molar-refractivity contribution >= 4 is 17.8 Å². The number of hydrogen-bond donors (Lipinski definition) is 5. The molecule has 0 unspecified atom stereocenters. The maximum Gasteiger partial charge on any atom is 0.416 e. The van der Waals surface area contributed by atoms with E-state index in [1.54, 1.807) is 0 Å². The van der Waals surface area contributed by atoms with Crippen molar-refractivity contribution in [2.24, 2.45) is 33.3 Å². The van der Waals surface area contributed by atoms with Gasteiger partial charge in [-0.2, -0.15) is 26.3 Å². The van der Waals surface area contributed by atoms with Gasteiger partial charge in [-0.25, -0.2) is 0 Å². The first kappa shape index (κ1) is 31.4. The second-order valence-electron chi connectivity index (χ2n) is 9.10. The highest BCUT2D eigenvalue weighted by Gasteiger charge is 2.40. The van der Waals surface area contributed by atoms with Crippen LogP contribution in [-0.2, 0) is 34.8 Å². The first-order chi connectivity index (χ1) is 18.1. The van der Waals surface area contributed by atoms with Crippen LogP contribution in [0.2, 0.25) is 0 Å². The Hall–Kier alpha value is -3.81. The molecule has 0 fully saturated rings. The molecule has 214 valence electrons. The van der Waals surface area contributed by atoms with E-state index in [0.29, 0.717) is 11.1 Å². The number of carbonyl (C=O) groups excluding carboxylic acids is 2. The van der Waals surface area contributed by atoms with E-state index >= 15 is 0 Å². The standard InChI is InChI=1S/C25H30F6N6O2/c26-24(27,28)17-7-3-15(4-8-17)12-23(14-32,13-16-5-9-18(10-6-16)25(29,30)31)21(39)37-19(20(33)38)2-1-11-36-22(34)35/h3-10,19H,1-2,11-14,32H2,(H2,33,38)(H,37,39)(H4,34,35,36)/t19-/m0/s1. The molecule has 2 rings (SSSR count). The van der Waals surface area contributed by atoms with Crippen molar-refractivity contribution in [1.29, 1.82) is 0 Å². The van der Waals surface area contributed by atoms with Gasteiger partial charge in [-0.3, -0.25) is 14.6 Å². The van der Waals surface area contributed by atoms with Crippen LogP contribution in [0.1, 0.15) is 35.1 Å². The number of guanidine groups is 1. The van der Waals surface area contributed by atoms with Gasteiger partial charge in [-0.1, -0.05) is 24.3 Å². The summed E-state index contributed by atoms with van der Waals surface area (Å²) in [7, 11) is 0. The van der Waals surface area contributed by atoms with E-state index in [2.05, 4.69) is 10.3 Å². The lowest BCUT2D eigenvalue weighted by Crippen LogP contribution is -2.54. The van der Waals surface area contributed by atoms with Crippen LogP contribution < -0.4 is 28.3 Å². The number of alkyl halides is 6. The summed E-state index contributed by atoms with van der Waals surface area (Å²) in [5, 5.41) is 2.54. The van der Waals surface area contributed by atoms with Crippen LogP contribution in [0.3, 0.4) is 0 Å². The largest absolute Gasteiger partial charge is 0.416 e. The molecule has 0 aliphatic carbocycles. The predicted octanol–water partition coefficient (Wildman–Crippen LogP) is 2.48. The molecule has 0 aromatic heterocycles. The van der Waals surface area contributed by atoms with Gasteiger partial charge >= 0.3 is 12.4 Å². The van der Waals surface area contributed by atoms with Gasteiger partial charge in [0.25, 0.3) is 0 Å². The number of nitrogens with two attached hydrogens (primary N) is 4. The van der Waals surface area contributed by atoms with Crippen molar-refractivity contribution in [3.8, 4) is 0 Å². The van der Waals surface area contributed by atoms with Gasteiger partial charge in [0, 0.05) is 13.1 Å². The zero-order valence-corrected chi connectivity index (χ0v) is 20.8. The van der Waals surface area contributed by atoms with Crippen LogP contribution in [0.4, 0.5) is 26.3 Å². The summed E-state index contributed by atoms with van der Waals surface area (Å²) >= 11 is 0. The lowest BCUT2D eigenvalue weighted by Gasteiger charge is -2.33. The summed E-state index contributed by atoms with van der Waals surface area (Å²) < 4.78 is 78.1. The number of halogens is 6. The highest BCUT2D eigenvalue weighted by Crippen LogP contribution is 2.33. The summed E-state index contributed by atoms with van der Waals surface area (Å²) in [6.45, 7) is -0.193. The van der Waals surface area contributed by atoms with Gasteiger partial charge in [-0.05, 0) is 61.1 Å². The predicted molar refractivity (Wildman–Crippen MR) is 133 cm³/mol. The Morgan fingerprint density at radius 3 is 1.56 bits per heavy atom. The molecule has 0 aliphatic heterocycles. The fourth-order valence-electron chi connectivity index (χ4n) is 3.97. The number of nitrogens with zero attached hydrogens (tertiary/aromatic N) is 1. The molecule has 0 radical (unpaired) electrons. The molecule has 0 aliphatic rings. The van der Waals surface area contributed by atoms with E-state index in [1.165, 1.54) is 24.3 Å². The Bertz CT molecular complexity index is 1080. The monoisotopic (exact) mass is 560 g/mol. The normalized spacial score (nSPS) is 13.0. The zero-order chi connectivity index (χ0) is 29.4. The Morgan fingerprint density at radius 1 is 0.795 bits per heavy atom. The molecular weight excluding hydrogens is 530 g/mol. The van der Waals surface area contributed by atoms with E-state index in [-0.39, 0.29) is 44.7 Å². The zero-order valence-electron chi connectivity index (χ0n) is 20.8. The number of primary amides is 1. The fraction of sp³-hybridized carbons (Fsp3) is 0.400.